The van der Waals surface area contributed by atoms with Crippen LogP contribution in [0.25, 0.3) is 0 Å². The standard InChI is InChI=1S/C12H15N3OS/c1-4-9-5-6-10(17-9)12(16)13-11-7(2)14-15-8(11)3/h5-6H,4H2,1-3H3,(H,13,16)(H,14,15). The quantitative estimate of drug-likeness (QED) is 0.878. The summed E-state index contributed by atoms with van der Waals surface area (Å²) in [6.07, 6.45) is 0.960. The van der Waals surface area contributed by atoms with E-state index in [4.69, 9.17) is 0 Å². The second kappa shape index (κ2) is 4.71. The van der Waals surface area contributed by atoms with Gasteiger partial charge in [0.2, 0.25) is 0 Å². The number of aryl methyl sites for hydroxylation is 3. The first-order chi connectivity index (χ1) is 8.11. The van der Waals surface area contributed by atoms with Crippen LogP contribution < -0.4 is 5.32 Å². The second-order valence-electron chi connectivity index (χ2n) is 3.88. The zero-order valence-electron chi connectivity index (χ0n) is 10.1. The number of nitrogens with one attached hydrogen (secondary N) is 2. The number of rotatable bonds is 3. The summed E-state index contributed by atoms with van der Waals surface area (Å²) < 4.78 is 0. The van der Waals surface area contributed by atoms with E-state index >= 15 is 0 Å². The van der Waals surface area contributed by atoms with Crippen LogP contribution in [0.5, 0.6) is 0 Å². The van der Waals surface area contributed by atoms with Gasteiger partial charge in [0.15, 0.2) is 0 Å². The van der Waals surface area contributed by atoms with Gasteiger partial charge in [-0.15, -0.1) is 11.3 Å². The highest BCUT2D eigenvalue weighted by molar-refractivity contribution is 7.14. The van der Waals surface area contributed by atoms with Crippen molar-refractivity contribution in [3.8, 4) is 0 Å². The van der Waals surface area contributed by atoms with Crippen molar-refractivity contribution in [1.82, 2.24) is 10.2 Å². The lowest BCUT2D eigenvalue weighted by Gasteiger charge is -2.02. The molecule has 1 amide bonds. The SMILES string of the molecule is CCc1ccc(C(=O)Nc2c(C)n[nH]c2C)s1. The predicted molar refractivity (Wildman–Crippen MR) is 69.7 cm³/mol. The van der Waals surface area contributed by atoms with Crippen LogP contribution in [-0.2, 0) is 6.42 Å². The van der Waals surface area contributed by atoms with E-state index in [0.29, 0.717) is 0 Å². The van der Waals surface area contributed by atoms with E-state index in [2.05, 4.69) is 22.4 Å². The van der Waals surface area contributed by atoms with Gasteiger partial charge >= 0.3 is 0 Å². The molecule has 2 heterocycles. The Hall–Kier alpha value is -1.62. The Bertz CT molecular complexity index is 522. The van der Waals surface area contributed by atoms with Crippen LogP contribution in [0.1, 0.15) is 32.9 Å². The summed E-state index contributed by atoms with van der Waals surface area (Å²) in [6.45, 7) is 5.84. The molecule has 0 bridgehead atoms. The topological polar surface area (TPSA) is 57.8 Å². The summed E-state index contributed by atoms with van der Waals surface area (Å²) in [5, 5.41) is 9.79. The van der Waals surface area contributed by atoms with Gasteiger partial charge in [-0.2, -0.15) is 5.10 Å². The van der Waals surface area contributed by atoms with Crippen LogP contribution in [0, 0.1) is 13.8 Å². The van der Waals surface area contributed by atoms with E-state index in [9.17, 15) is 4.79 Å². The molecule has 0 spiro atoms. The van der Waals surface area contributed by atoms with E-state index in [1.54, 1.807) is 0 Å². The molecule has 0 saturated carbocycles. The Kier molecular flexibility index (Phi) is 3.28. The molecule has 2 aromatic heterocycles. The van der Waals surface area contributed by atoms with Crippen LogP contribution in [0.3, 0.4) is 0 Å². The lowest BCUT2D eigenvalue weighted by atomic mass is 10.3. The number of thiophene rings is 1. The molecule has 0 fully saturated rings. The maximum atomic E-state index is 12.0. The fraction of sp³-hybridized carbons (Fsp3) is 0.333. The van der Waals surface area contributed by atoms with Gasteiger partial charge in [-0.05, 0) is 32.4 Å². The summed E-state index contributed by atoms with van der Waals surface area (Å²) >= 11 is 1.53. The molecular weight excluding hydrogens is 234 g/mol. The zero-order valence-corrected chi connectivity index (χ0v) is 10.9. The molecule has 0 atom stereocenters. The number of aromatic nitrogens is 2. The van der Waals surface area contributed by atoms with Crippen LogP contribution in [0.15, 0.2) is 12.1 Å². The molecule has 2 N–H and O–H groups in total. The average molecular weight is 249 g/mol. The van der Waals surface area contributed by atoms with E-state index in [1.807, 2.05) is 26.0 Å². The minimum Gasteiger partial charge on any atom is -0.318 e. The first-order valence-corrected chi connectivity index (χ1v) is 6.35. The van der Waals surface area contributed by atoms with Gasteiger partial charge in [0.1, 0.15) is 0 Å². The smallest absolute Gasteiger partial charge is 0.265 e. The van der Waals surface area contributed by atoms with Gasteiger partial charge in [0, 0.05) is 4.88 Å². The first kappa shape index (κ1) is 11.9. The van der Waals surface area contributed by atoms with Gasteiger partial charge in [0.25, 0.3) is 5.91 Å². The van der Waals surface area contributed by atoms with Gasteiger partial charge in [-0.1, -0.05) is 6.92 Å². The first-order valence-electron chi connectivity index (χ1n) is 5.53. The van der Waals surface area contributed by atoms with E-state index in [-0.39, 0.29) is 5.91 Å². The number of carbonyl (C=O) groups excluding carboxylic acids is 1. The molecule has 2 aromatic rings. The normalized spacial score (nSPS) is 10.5. The molecule has 90 valence electrons. The van der Waals surface area contributed by atoms with E-state index < -0.39 is 0 Å². The maximum Gasteiger partial charge on any atom is 0.265 e. The number of aromatic amines is 1. The van der Waals surface area contributed by atoms with Crippen molar-refractivity contribution >= 4 is 22.9 Å². The molecule has 4 nitrogen and oxygen atoms in total. The molecule has 5 heteroatoms. The zero-order chi connectivity index (χ0) is 12.4. The molecule has 17 heavy (non-hydrogen) atoms. The predicted octanol–water partition coefficient (Wildman–Crippen LogP) is 2.90. The second-order valence-corrected chi connectivity index (χ2v) is 5.05. The highest BCUT2D eigenvalue weighted by Crippen LogP contribution is 2.21. The number of anilines is 1. The highest BCUT2D eigenvalue weighted by Gasteiger charge is 2.13. The number of H-pyrrole nitrogens is 1. The molecule has 0 saturated heterocycles. The molecular formula is C12H15N3OS. The van der Waals surface area contributed by atoms with Crippen molar-refractivity contribution in [2.75, 3.05) is 5.32 Å². The maximum absolute atomic E-state index is 12.0. The van der Waals surface area contributed by atoms with E-state index in [0.717, 1.165) is 28.4 Å². The molecule has 0 aliphatic rings. The Balaban J connectivity index is 2.17. The summed E-state index contributed by atoms with van der Waals surface area (Å²) in [5.41, 5.74) is 2.47. The number of amides is 1. The summed E-state index contributed by atoms with van der Waals surface area (Å²) in [6, 6.07) is 3.86. The van der Waals surface area contributed by atoms with Crippen molar-refractivity contribution in [3.05, 3.63) is 33.3 Å². The monoisotopic (exact) mass is 249 g/mol. The largest absolute Gasteiger partial charge is 0.318 e. The summed E-state index contributed by atoms with van der Waals surface area (Å²) in [7, 11) is 0. The van der Waals surface area contributed by atoms with Crippen LogP contribution >= 0.6 is 11.3 Å². The Labute approximate surface area is 104 Å². The van der Waals surface area contributed by atoms with Gasteiger partial charge < -0.3 is 5.32 Å². The van der Waals surface area contributed by atoms with Crippen molar-refractivity contribution in [1.29, 1.82) is 0 Å². The van der Waals surface area contributed by atoms with Crippen molar-refractivity contribution < 1.29 is 4.79 Å². The Morgan fingerprint density at radius 3 is 2.76 bits per heavy atom. The number of nitrogens with zero attached hydrogens (tertiary/aromatic N) is 1. The molecule has 2 rings (SSSR count). The molecule has 0 aliphatic heterocycles. The summed E-state index contributed by atoms with van der Waals surface area (Å²) in [4.78, 5) is 14.0. The minimum atomic E-state index is -0.0673. The third-order valence-electron chi connectivity index (χ3n) is 2.60. The minimum absolute atomic E-state index is 0.0673. The van der Waals surface area contributed by atoms with Gasteiger partial charge in [0.05, 0.1) is 22.0 Å². The van der Waals surface area contributed by atoms with Gasteiger partial charge in [-0.25, -0.2) is 0 Å². The summed E-state index contributed by atoms with van der Waals surface area (Å²) in [5.74, 6) is -0.0673. The van der Waals surface area contributed by atoms with Crippen molar-refractivity contribution in [2.24, 2.45) is 0 Å². The molecule has 0 aliphatic carbocycles. The third kappa shape index (κ3) is 2.39. The van der Waals surface area contributed by atoms with Crippen LogP contribution in [-0.4, -0.2) is 16.1 Å². The average Bonchev–Trinajstić information content (AvgIpc) is 2.90. The number of carbonyl (C=O) groups is 1. The van der Waals surface area contributed by atoms with Gasteiger partial charge in [-0.3, -0.25) is 9.89 Å². The highest BCUT2D eigenvalue weighted by atomic mass is 32.1. The number of hydrogen-bond donors (Lipinski definition) is 2. The Morgan fingerprint density at radius 1 is 1.47 bits per heavy atom. The van der Waals surface area contributed by atoms with Crippen LogP contribution in [0.2, 0.25) is 0 Å². The van der Waals surface area contributed by atoms with E-state index in [1.165, 1.54) is 16.2 Å². The fourth-order valence-electron chi connectivity index (χ4n) is 1.60. The lowest BCUT2D eigenvalue weighted by molar-refractivity contribution is 0.103. The fourth-order valence-corrected chi connectivity index (χ4v) is 2.44. The van der Waals surface area contributed by atoms with Crippen molar-refractivity contribution in [2.45, 2.75) is 27.2 Å². The van der Waals surface area contributed by atoms with Crippen LogP contribution in [0.4, 0.5) is 5.69 Å². The number of hydrogen-bond acceptors (Lipinski definition) is 3. The molecule has 0 radical (unpaired) electrons. The molecule has 0 aromatic carbocycles. The lowest BCUT2D eigenvalue weighted by Crippen LogP contribution is -2.11. The van der Waals surface area contributed by atoms with Crippen molar-refractivity contribution in [3.63, 3.8) is 0 Å². The molecule has 0 unspecified atom stereocenters. The Morgan fingerprint density at radius 2 is 2.24 bits per heavy atom. The third-order valence-corrected chi connectivity index (χ3v) is 3.83.